The highest BCUT2D eigenvalue weighted by Gasteiger charge is 2.33. The van der Waals surface area contributed by atoms with E-state index in [-0.39, 0.29) is 10.9 Å². The molecule has 0 bridgehead atoms. The van der Waals surface area contributed by atoms with Crippen molar-refractivity contribution in [2.75, 3.05) is 13.2 Å². The van der Waals surface area contributed by atoms with Gasteiger partial charge in [0.15, 0.2) is 9.79 Å². The van der Waals surface area contributed by atoms with E-state index in [1.54, 1.807) is 0 Å². The van der Waals surface area contributed by atoms with E-state index in [2.05, 4.69) is 90.3 Å². The first-order valence-corrected chi connectivity index (χ1v) is 12.3. The van der Waals surface area contributed by atoms with E-state index in [1.165, 1.54) is 25.1 Å². The summed E-state index contributed by atoms with van der Waals surface area (Å²) in [4.78, 5) is 5.57. The van der Waals surface area contributed by atoms with Crippen molar-refractivity contribution in [3.63, 3.8) is 0 Å². The lowest BCUT2D eigenvalue weighted by molar-refractivity contribution is 0.160. The van der Waals surface area contributed by atoms with E-state index >= 15 is 0 Å². The molecule has 0 saturated heterocycles. The monoisotopic (exact) mass is 478 g/mol. The summed E-state index contributed by atoms with van der Waals surface area (Å²) in [6.07, 6.45) is 4.33. The first kappa shape index (κ1) is 24.5. The van der Waals surface area contributed by atoms with Crippen LogP contribution in [0.15, 0.2) is 110 Å². The van der Waals surface area contributed by atoms with Crippen molar-refractivity contribution in [3.8, 4) is 0 Å². The number of fused-ring (bicyclic) bond motifs is 2. The van der Waals surface area contributed by atoms with Gasteiger partial charge in [0.2, 0.25) is 0 Å². The number of aryl methyl sites for hydroxylation is 1. The van der Waals surface area contributed by atoms with Gasteiger partial charge in [-0.25, -0.2) is 0 Å². The predicted molar refractivity (Wildman–Crippen MR) is 126 cm³/mol. The number of hydrogen-bond acceptors (Lipinski definition) is 2. The predicted octanol–water partition coefficient (Wildman–Crippen LogP) is 7.65. The summed E-state index contributed by atoms with van der Waals surface area (Å²) < 4.78 is 44.8. The Morgan fingerprint density at radius 3 is 1.91 bits per heavy atom. The molecule has 3 aromatic carbocycles. The molecule has 1 nitrogen and oxygen atoms in total. The van der Waals surface area contributed by atoms with Crippen LogP contribution in [0.1, 0.15) is 12.0 Å². The average Bonchev–Trinajstić information content (AvgIpc) is 2.77. The molecule has 8 heteroatoms. The van der Waals surface area contributed by atoms with Crippen LogP contribution in [0.3, 0.4) is 0 Å². The van der Waals surface area contributed by atoms with Crippen molar-refractivity contribution in [2.24, 2.45) is 0 Å². The smallest absolute Gasteiger partial charge is 0.418 e. The molecule has 0 N–H and O–H groups in total. The molecule has 1 heterocycles. The molecular formula is C24H23BF4OS2. The van der Waals surface area contributed by atoms with Gasteiger partial charge in [-0.3, -0.25) is 0 Å². The maximum Gasteiger partial charge on any atom is 0.673 e. The van der Waals surface area contributed by atoms with Crippen molar-refractivity contribution in [3.05, 3.63) is 95.9 Å². The van der Waals surface area contributed by atoms with Crippen molar-refractivity contribution in [1.29, 1.82) is 0 Å². The molecule has 0 saturated carbocycles. The maximum atomic E-state index is 9.75. The minimum absolute atomic E-state index is 0.0128. The van der Waals surface area contributed by atoms with Crippen LogP contribution in [-0.2, 0) is 22.1 Å². The zero-order chi connectivity index (χ0) is 22.8. The summed E-state index contributed by atoms with van der Waals surface area (Å²) in [5.74, 6) is 0. The molecule has 1 aliphatic rings. The molecule has 0 spiro atoms. The second-order valence-electron chi connectivity index (χ2n) is 6.86. The van der Waals surface area contributed by atoms with E-state index in [0.29, 0.717) is 6.61 Å². The number of rotatable bonds is 7. The third-order valence-electron chi connectivity index (χ3n) is 4.44. The average molecular weight is 478 g/mol. The van der Waals surface area contributed by atoms with Crippen LogP contribution in [0.25, 0.3) is 0 Å². The second kappa shape index (κ2) is 12.2. The number of halogens is 4. The lowest BCUT2D eigenvalue weighted by Crippen LogP contribution is -2.07. The maximum absolute atomic E-state index is 9.75. The van der Waals surface area contributed by atoms with Gasteiger partial charge >= 0.3 is 7.25 Å². The number of benzene rings is 3. The molecule has 0 atom stereocenters. The summed E-state index contributed by atoms with van der Waals surface area (Å²) >= 11 is 1.88. The Kier molecular flexibility index (Phi) is 9.32. The fourth-order valence-corrected chi connectivity index (χ4v) is 6.60. The van der Waals surface area contributed by atoms with E-state index < -0.39 is 7.25 Å². The second-order valence-corrected chi connectivity index (χ2v) is 9.78. The lowest BCUT2D eigenvalue weighted by atomic mass is 10.1. The standard InChI is InChI=1S/C24H23OS2.BF4/c1-2-10-20(11-3-1)12-8-17-25-18-9-19-27-23-15-6-4-13-21(23)26-22-14-5-7-16-24(22)27;2-1(3,4)5/h1-7,9-11,13-16,19H,8,12,17-18H2;/q+1;-1. The Hall–Kier alpha value is -2.16. The van der Waals surface area contributed by atoms with Gasteiger partial charge in [-0.2, -0.15) is 0 Å². The summed E-state index contributed by atoms with van der Waals surface area (Å²) in [6, 6.07) is 28.1. The molecule has 0 aromatic heterocycles. The third kappa shape index (κ3) is 8.08. The third-order valence-corrected chi connectivity index (χ3v) is 7.97. The van der Waals surface area contributed by atoms with Crippen molar-refractivity contribution >= 4 is 29.9 Å². The van der Waals surface area contributed by atoms with Crippen molar-refractivity contribution in [2.45, 2.75) is 32.4 Å². The number of ether oxygens (including phenoxy) is 1. The minimum Gasteiger partial charge on any atom is -0.418 e. The molecule has 168 valence electrons. The zero-order valence-corrected chi connectivity index (χ0v) is 18.9. The fraction of sp³-hybridized carbons (Fsp3) is 0.167. The van der Waals surface area contributed by atoms with Crippen LogP contribution in [-0.4, -0.2) is 20.5 Å². The van der Waals surface area contributed by atoms with Gasteiger partial charge in [0.05, 0.1) is 27.3 Å². The summed E-state index contributed by atoms with van der Waals surface area (Å²) in [6.45, 7) is 1.48. The largest absolute Gasteiger partial charge is 0.673 e. The molecule has 0 unspecified atom stereocenters. The topological polar surface area (TPSA) is 9.23 Å². The highest BCUT2D eigenvalue weighted by Crippen LogP contribution is 2.45. The molecular weight excluding hydrogens is 455 g/mol. The molecule has 1 aliphatic heterocycles. The zero-order valence-electron chi connectivity index (χ0n) is 17.3. The quantitative estimate of drug-likeness (QED) is 0.149. The molecule has 4 rings (SSSR count). The van der Waals surface area contributed by atoms with Crippen LogP contribution in [0, 0.1) is 0 Å². The van der Waals surface area contributed by atoms with Gasteiger partial charge < -0.3 is 22.0 Å². The van der Waals surface area contributed by atoms with E-state index in [4.69, 9.17) is 4.74 Å². The molecule has 3 aromatic rings. The highest BCUT2D eigenvalue weighted by molar-refractivity contribution is 8.05. The van der Waals surface area contributed by atoms with Gasteiger partial charge in [-0.1, -0.05) is 66.4 Å². The van der Waals surface area contributed by atoms with E-state index in [0.717, 1.165) is 19.4 Å². The fourth-order valence-electron chi connectivity index (χ4n) is 3.13. The molecule has 0 fully saturated rings. The van der Waals surface area contributed by atoms with Gasteiger partial charge in [-0.05, 0) is 48.7 Å². The Morgan fingerprint density at radius 2 is 1.31 bits per heavy atom. The molecule has 32 heavy (non-hydrogen) atoms. The van der Waals surface area contributed by atoms with Crippen LogP contribution in [0.2, 0.25) is 0 Å². The normalized spacial score (nSPS) is 13.2. The summed E-state index contributed by atoms with van der Waals surface area (Å²) in [5, 5.41) is 2.33. The van der Waals surface area contributed by atoms with Crippen molar-refractivity contribution in [1.82, 2.24) is 0 Å². The van der Waals surface area contributed by atoms with Gasteiger partial charge in [0, 0.05) is 6.61 Å². The minimum atomic E-state index is -6.00. The highest BCUT2D eigenvalue weighted by atomic mass is 32.2. The van der Waals surface area contributed by atoms with E-state index in [1.807, 2.05) is 11.8 Å². The van der Waals surface area contributed by atoms with Gasteiger partial charge in [0.25, 0.3) is 0 Å². The molecule has 0 amide bonds. The Labute approximate surface area is 193 Å². The molecule has 0 aliphatic carbocycles. The van der Waals surface area contributed by atoms with Crippen LogP contribution >= 0.6 is 11.8 Å². The first-order valence-electron chi connectivity index (χ1n) is 10.2. The number of hydrogen-bond donors (Lipinski definition) is 0. The summed E-state index contributed by atoms with van der Waals surface area (Å²) in [5.41, 5.74) is 1.38. The Morgan fingerprint density at radius 1 is 0.781 bits per heavy atom. The van der Waals surface area contributed by atoms with Crippen LogP contribution in [0.4, 0.5) is 17.3 Å². The lowest BCUT2D eigenvalue weighted by Gasteiger charge is -2.16. The summed E-state index contributed by atoms with van der Waals surface area (Å²) in [7, 11) is -6.01. The first-order chi connectivity index (χ1) is 15.4. The van der Waals surface area contributed by atoms with Crippen LogP contribution in [0.5, 0.6) is 0 Å². The molecule has 0 radical (unpaired) electrons. The Balaban J connectivity index is 0.000000523. The van der Waals surface area contributed by atoms with Gasteiger partial charge in [0.1, 0.15) is 5.41 Å². The Bertz CT molecular complexity index is 961. The SMILES string of the molecule is C(=C[S+]1c2ccccc2Sc2ccccc21)COCCCc1ccccc1.F[B-](F)(F)F. The van der Waals surface area contributed by atoms with E-state index in [9.17, 15) is 17.3 Å². The van der Waals surface area contributed by atoms with Gasteiger partial charge in [-0.15, -0.1) is 0 Å². The van der Waals surface area contributed by atoms with Crippen molar-refractivity contribution < 1.29 is 22.0 Å². The van der Waals surface area contributed by atoms with Crippen LogP contribution < -0.4 is 0 Å².